The van der Waals surface area contributed by atoms with Crippen molar-refractivity contribution in [2.75, 3.05) is 0 Å². The van der Waals surface area contributed by atoms with Crippen LogP contribution in [0.5, 0.6) is 0 Å². The lowest BCUT2D eigenvalue weighted by Gasteiger charge is -1.75. The molecule has 0 radical (unpaired) electrons. The molecular formula is C6H5NO. The standard InChI is InChI=1S/C6H5NO/c7-4-5-1-2-6(8)3-5/h3H,1-2H2. The molecule has 0 aromatic heterocycles. The summed E-state index contributed by atoms with van der Waals surface area (Å²) in [6.07, 6.45) is 2.60. The van der Waals surface area contributed by atoms with Crippen molar-refractivity contribution in [3.05, 3.63) is 11.6 Å². The van der Waals surface area contributed by atoms with Crippen molar-refractivity contribution in [2.45, 2.75) is 12.8 Å². The average molecular weight is 107 g/mol. The van der Waals surface area contributed by atoms with E-state index in [0.717, 1.165) is 0 Å². The molecule has 0 saturated heterocycles. The molecule has 0 unspecified atom stereocenters. The van der Waals surface area contributed by atoms with Crippen LogP contribution in [-0.4, -0.2) is 5.78 Å². The number of hydrogen-bond acceptors (Lipinski definition) is 2. The first-order valence-electron chi connectivity index (χ1n) is 2.46. The van der Waals surface area contributed by atoms with Crippen molar-refractivity contribution >= 4 is 5.78 Å². The lowest BCUT2D eigenvalue weighted by Crippen LogP contribution is -1.80. The van der Waals surface area contributed by atoms with Gasteiger partial charge in [0.05, 0.1) is 6.07 Å². The summed E-state index contributed by atoms with van der Waals surface area (Å²) >= 11 is 0. The van der Waals surface area contributed by atoms with Crippen LogP contribution in [0.15, 0.2) is 11.6 Å². The minimum Gasteiger partial charge on any atom is -0.295 e. The summed E-state index contributed by atoms with van der Waals surface area (Å²) in [5.74, 6) is 0.0848. The van der Waals surface area contributed by atoms with E-state index in [0.29, 0.717) is 18.4 Å². The molecule has 0 amide bonds. The van der Waals surface area contributed by atoms with Crippen molar-refractivity contribution in [3.63, 3.8) is 0 Å². The molecule has 0 saturated carbocycles. The first-order valence-corrected chi connectivity index (χ1v) is 2.46. The molecule has 2 heteroatoms. The van der Waals surface area contributed by atoms with Gasteiger partial charge in [-0.2, -0.15) is 5.26 Å². The van der Waals surface area contributed by atoms with E-state index in [1.165, 1.54) is 6.08 Å². The molecule has 0 bridgehead atoms. The fraction of sp³-hybridized carbons (Fsp3) is 0.333. The van der Waals surface area contributed by atoms with Gasteiger partial charge in [0, 0.05) is 12.0 Å². The van der Waals surface area contributed by atoms with Gasteiger partial charge in [0.2, 0.25) is 0 Å². The number of ketones is 1. The Bertz CT molecular complexity index is 185. The van der Waals surface area contributed by atoms with Crippen LogP contribution in [0.25, 0.3) is 0 Å². The average Bonchev–Trinajstić information content (AvgIpc) is 2.14. The van der Waals surface area contributed by atoms with Crippen LogP contribution in [-0.2, 0) is 4.79 Å². The normalized spacial score (nSPS) is 17.9. The number of carbonyl (C=O) groups excluding carboxylic acids is 1. The van der Waals surface area contributed by atoms with Crippen LogP contribution in [0.4, 0.5) is 0 Å². The Morgan fingerprint density at radius 1 is 1.62 bits per heavy atom. The number of nitriles is 1. The minimum absolute atomic E-state index is 0.0848. The molecule has 1 aliphatic carbocycles. The van der Waals surface area contributed by atoms with Gasteiger partial charge in [-0.15, -0.1) is 0 Å². The first-order chi connectivity index (χ1) is 3.83. The molecule has 0 aromatic carbocycles. The zero-order chi connectivity index (χ0) is 5.98. The summed E-state index contributed by atoms with van der Waals surface area (Å²) in [7, 11) is 0. The highest BCUT2D eigenvalue weighted by atomic mass is 16.1. The number of hydrogen-bond donors (Lipinski definition) is 0. The third-order valence-electron chi connectivity index (χ3n) is 1.12. The fourth-order valence-corrected chi connectivity index (χ4v) is 0.685. The molecule has 0 heterocycles. The highest BCUT2D eigenvalue weighted by molar-refractivity contribution is 5.93. The summed E-state index contributed by atoms with van der Waals surface area (Å²) in [6, 6.07) is 1.93. The third kappa shape index (κ3) is 0.760. The Morgan fingerprint density at radius 3 is 2.62 bits per heavy atom. The number of allylic oxidation sites excluding steroid dienone is 2. The summed E-state index contributed by atoms with van der Waals surface area (Å²) in [5.41, 5.74) is 0.620. The van der Waals surface area contributed by atoms with E-state index in [9.17, 15) is 4.79 Å². The second-order valence-corrected chi connectivity index (χ2v) is 1.75. The molecule has 0 N–H and O–H groups in total. The van der Waals surface area contributed by atoms with Crippen molar-refractivity contribution in [1.29, 1.82) is 5.26 Å². The molecule has 2 nitrogen and oxygen atoms in total. The molecule has 8 heavy (non-hydrogen) atoms. The zero-order valence-corrected chi connectivity index (χ0v) is 4.35. The Balaban J connectivity index is 2.75. The van der Waals surface area contributed by atoms with Crippen LogP contribution < -0.4 is 0 Å². The molecule has 1 rings (SSSR count). The summed E-state index contributed by atoms with van der Waals surface area (Å²) in [4.78, 5) is 10.4. The molecule has 1 aliphatic rings. The molecular weight excluding hydrogens is 102 g/mol. The van der Waals surface area contributed by atoms with Crippen molar-refractivity contribution in [3.8, 4) is 6.07 Å². The quantitative estimate of drug-likeness (QED) is 0.459. The van der Waals surface area contributed by atoms with E-state index < -0.39 is 0 Å². The van der Waals surface area contributed by atoms with E-state index in [-0.39, 0.29) is 5.78 Å². The van der Waals surface area contributed by atoms with Crippen LogP contribution in [0.1, 0.15) is 12.8 Å². The van der Waals surface area contributed by atoms with Gasteiger partial charge < -0.3 is 0 Å². The van der Waals surface area contributed by atoms with Gasteiger partial charge in [-0.1, -0.05) is 0 Å². The SMILES string of the molecule is N#CC1=CC(=O)CC1. The fourth-order valence-electron chi connectivity index (χ4n) is 0.685. The summed E-state index contributed by atoms with van der Waals surface area (Å²) in [5, 5.41) is 8.21. The topological polar surface area (TPSA) is 40.9 Å². The molecule has 0 aromatic rings. The van der Waals surface area contributed by atoms with Crippen molar-refractivity contribution in [1.82, 2.24) is 0 Å². The number of nitrogens with zero attached hydrogens (tertiary/aromatic N) is 1. The van der Waals surface area contributed by atoms with Gasteiger partial charge in [0.1, 0.15) is 0 Å². The monoisotopic (exact) mass is 107 g/mol. The predicted molar refractivity (Wildman–Crippen MR) is 27.9 cm³/mol. The van der Waals surface area contributed by atoms with Gasteiger partial charge in [-0.25, -0.2) is 0 Å². The van der Waals surface area contributed by atoms with Crippen LogP contribution >= 0.6 is 0 Å². The smallest absolute Gasteiger partial charge is 0.157 e. The summed E-state index contributed by atoms with van der Waals surface area (Å²) < 4.78 is 0. The maximum Gasteiger partial charge on any atom is 0.157 e. The highest BCUT2D eigenvalue weighted by Crippen LogP contribution is 2.12. The van der Waals surface area contributed by atoms with E-state index >= 15 is 0 Å². The Kier molecular flexibility index (Phi) is 1.13. The molecule has 0 aliphatic heterocycles. The van der Waals surface area contributed by atoms with Crippen LogP contribution in [0.2, 0.25) is 0 Å². The maximum atomic E-state index is 10.4. The van der Waals surface area contributed by atoms with Gasteiger partial charge in [-0.3, -0.25) is 4.79 Å². The second kappa shape index (κ2) is 1.79. The molecule has 0 fully saturated rings. The molecule has 0 atom stereocenters. The van der Waals surface area contributed by atoms with Crippen molar-refractivity contribution < 1.29 is 4.79 Å². The number of rotatable bonds is 0. The largest absolute Gasteiger partial charge is 0.295 e. The summed E-state index contributed by atoms with van der Waals surface area (Å²) in [6.45, 7) is 0. The Morgan fingerprint density at radius 2 is 2.38 bits per heavy atom. The lowest BCUT2D eigenvalue weighted by atomic mass is 10.3. The van der Waals surface area contributed by atoms with E-state index in [4.69, 9.17) is 5.26 Å². The first kappa shape index (κ1) is 5.04. The molecule has 0 spiro atoms. The zero-order valence-electron chi connectivity index (χ0n) is 4.35. The molecule has 40 valence electrons. The number of carbonyl (C=O) groups is 1. The van der Waals surface area contributed by atoms with Crippen molar-refractivity contribution in [2.24, 2.45) is 0 Å². The van der Waals surface area contributed by atoms with E-state index in [2.05, 4.69) is 0 Å². The second-order valence-electron chi connectivity index (χ2n) is 1.75. The highest BCUT2D eigenvalue weighted by Gasteiger charge is 2.09. The minimum atomic E-state index is 0.0848. The van der Waals surface area contributed by atoms with E-state index in [1.54, 1.807) is 0 Å². The Labute approximate surface area is 47.4 Å². The predicted octanol–water partition coefficient (Wildman–Crippen LogP) is 0.799. The van der Waals surface area contributed by atoms with Gasteiger partial charge in [0.15, 0.2) is 5.78 Å². The van der Waals surface area contributed by atoms with Crippen LogP contribution in [0, 0.1) is 11.3 Å². The van der Waals surface area contributed by atoms with Gasteiger partial charge in [0.25, 0.3) is 0 Å². The van der Waals surface area contributed by atoms with E-state index in [1.807, 2.05) is 6.07 Å². The van der Waals surface area contributed by atoms with Crippen LogP contribution in [0.3, 0.4) is 0 Å². The van der Waals surface area contributed by atoms with Gasteiger partial charge >= 0.3 is 0 Å². The third-order valence-corrected chi connectivity index (χ3v) is 1.12. The van der Waals surface area contributed by atoms with Gasteiger partial charge in [-0.05, 0) is 12.5 Å². The maximum absolute atomic E-state index is 10.4. The lowest BCUT2D eigenvalue weighted by molar-refractivity contribution is -0.114. The Hall–Kier alpha value is -1.10.